The van der Waals surface area contributed by atoms with E-state index >= 15 is 0 Å². The van der Waals surface area contributed by atoms with Crippen molar-refractivity contribution < 1.29 is 4.42 Å². The smallest absolute Gasteiger partial charge is 0.200 e. The van der Waals surface area contributed by atoms with E-state index in [1.54, 1.807) is 11.8 Å². The maximum Gasteiger partial charge on any atom is 0.200 e. The Labute approximate surface area is 115 Å². The Morgan fingerprint density at radius 1 is 1.00 bits per heavy atom. The molecule has 0 aliphatic heterocycles. The summed E-state index contributed by atoms with van der Waals surface area (Å²) in [6.07, 6.45) is 0. The molecule has 0 radical (unpaired) electrons. The fraction of sp³-hybridized carbons (Fsp3) is 0.188. The minimum atomic E-state index is 0.0445. The Hall–Kier alpha value is -1.74. The second kappa shape index (κ2) is 4.74. The van der Waals surface area contributed by atoms with E-state index in [2.05, 4.69) is 13.8 Å². The maximum atomic E-state index is 12.5. The molecule has 0 N–H and O–H groups in total. The van der Waals surface area contributed by atoms with Gasteiger partial charge >= 0.3 is 0 Å². The summed E-state index contributed by atoms with van der Waals surface area (Å²) in [6, 6.07) is 13.1. The fourth-order valence-corrected chi connectivity index (χ4v) is 3.07. The molecule has 0 atom stereocenters. The van der Waals surface area contributed by atoms with Crippen LogP contribution < -0.4 is 5.43 Å². The van der Waals surface area contributed by atoms with E-state index in [9.17, 15) is 4.79 Å². The molecule has 0 bridgehead atoms. The number of para-hydroxylation sites is 2. The van der Waals surface area contributed by atoms with Crippen LogP contribution in [0.25, 0.3) is 21.9 Å². The zero-order chi connectivity index (χ0) is 13.4. The van der Waals surface area contributed by atoms with Crippen LogP contribution in [0, 0.1) is 0 Å². The maximum absolute atomic E-state index is 12.5. The first-order valence-corrected chi connectivity index (χ1v) is 7.16. The van der Waals surface area contributed by atoms with Crippen LogP contribution in [0.3, 0.4) is 0 Å². The molecule has 0 fully saturated rings. The molecule has 3 aromatic rings. The largest absolute Gasteiger partial charge is 0.455 e. The van der Waals surface area contributed by atoms with E-state index in [-0.39, 0.29) is 5.43 Å². The van der Waals surface area contributed by atoms with Crippen molar-refractivity contribution in [1.82, 2.24) is 0 Å². The lowest BCUT2D eigenvalue weighted by atomic mass is 10.1. The summed E-state index contributed by atoms with van der Waals surface area (Å²) in [4.78, 5) is 13.5. The molecule has 1 heterocycles. The summed E-state index contributed by atoms with van der Waals surface area (Å²) in [5.41, 5.74) is 1.39. The highest BCUT2D eigenvalue weighted by molar-refractivity contribution is 8.00. The highest BCUT2D eigenvalue weighted by Gasteiger charge is 2.11. The van der Waals surface area contributed by atoms with Crippen molar-refractivity contribution in [2.75, 3.05) is 0 Å². The second-order valence-corrected chi connectivity index (χ2v) is 6.35. The van der Waals surface area contributed by atoms with E-state index in [1.165, 1.54) is 0 Å². The van der Waals surface area contributed by atoms with Crippen LogP contribution in [0.2, 0.25) is 0 Å². The molecule has 3 heteroatoms. The Bertz CT molecular complexity index is 803. The van der Waals surface area contributed by atoms with E-state index in [4.69, 9.17) is 4.42 Å². The number of fused-ring (bicyclic) bond motifs is 2. The van der Waals surface area contributed by atoms with Crippen LogP contribution in [-0.2, 0) is 0 Å². The van der Waals surface area contributed by atoms with E-state index in [0.717, 1.165) is 4.90 Å². The lowest BCUT2D eigenvalue weighted by Gasteiger charge is -2.08. The van der Waals surface area contributed by atoms with Gasteiger partial charge in [0.2, 0.25) is 5.43 Å². The van der Waals surface area contributed by atoms with E-state index < -0.39 is 0 Å². The lowest BCUT2D eigenvalue weighted by molar-refractivity contribution is 0.651. The van der Waals surface area contributed by atoms with E-state index in [0.29, 0.717) is 27.2 Å². The molecular formula is C16H14O2S. The predicted molar refractivity (Wildman–Crippen MR) is 81.0 cm³/mol. The van der Waals surface area contributed by atoms with Gasteiger partial charge < -0.3 is 4.42 Å². The normalized spacial score (nSPS) is 11.5. The van der Waals surface area contributed by atoms with Crippen LogP contribution in [0.5, 0.6) is 0 Å². The molecule has 1 aromatic heterocycles. The monoisotopic (exact) mass is 270 g/mol. The van der Waals surface area contributed by atoms with Gasteiger partial charge in [-0.25, -0.2) is 0 Å². The van der Waals surface area contributed by atoms with Gasteiger partial charge in [-0.3, -0.25) is 4.79 Å². The summed E-state index contributed by atoms with van der Waals surface area (Å²) in [6.45, 7) is 4.26. The zero-order valence-electron chi connectivity index (χ0n) is 10.8. The Morgan fingerprint density at radius 2 is 1.74 bits per heavy atom. The molecule has 0 amide bonds. The van der Waals surface area contributed by atoms with Gasteiger partial charge in [-0.05, 0) is 24.3 Å². The molecule has 19 heavy (non-hydrogen) atoms. The van der Waals surface area contributed by atoms with Crippen LogP contribution in [0.1, 0.15) is 13.8 Å². The third kappa shape index (κ3) is 2.15. The standard InChI is InChI=1S/C16H14O2S/c1-10(2)19-14-9-5-7-12-15(17)11-6-3-4-8-13(11)18-16(12)14/h3-10H,1-2H3. The van der Waals surface area contributed by atoms with Gasteiger partial charge in [0, 0.05) is 5.25 Å². The molecule has 2 nitrogen and oxygen atoms in total. The first kappa shape index (κ1) is 12.3. The molecule has 2 aromatic carbocycles. The van der Waals surface area contributed by atoms with Gasteiger partial charge in [0.05, 0.1) is 15.7 Å². The van der Waals surface area contributed by atoms with Crippen molar-refractivity contribution >= 4 is 33.7 Å². The van der Waals surface area contributed by atoms with Crippen molar-refractivity contribution in [2.45, 2.75) is 24.0 Å². The van der Waals surface area contributed by atoms with Gasteiger partial charge in [0.15, 0.2) is 5.58 Å². The van der Waals surface area contributed by atoms with Gasteiger partial charge in [-0.15, -0.1) is 11.8 Å². The molecule has 0 saturated carbocycles. The molecule has 0 saturated heterocycles. The summed E-state index contributed by atoms with van der Waals surface area (Å²) in [5.74, 6) is 0. The highest BCUT2D eigenvalue weighted by atomic mass is 32.2. The minimum absolute atomic E-state index is 0.0445. The molecule has 3 rings (SSSR count). The summed E-state index contributed by atoms with van der Waals surface area (Å²) >= 11 is 1.71. The number of hydrogen-bond acceptors (Lipinski definition) is 3. The third-order valence-electron chi connectivity index (χ3n) is 2.93. The number of rotatable bonds is 2. The van der Waals surface area contributed by atoms with Crippen LogP contribution in [0.15, 0.2) is 56.6 Å². The van der Waals surface area contributed by atoms with Gasteiger partial charge in [-0.1, -0.05) is 32.0 Å². The Morgan fingerprint density at radius 3 is 2.53 bits per heavy atom. The van der Waals surface area contributed by atoms with Gasteiger partial charge in [-0.2, -0.15) is 0 Å². The first-order chi connectivity index (χ1) is 9.16. The van der Waals surface area contributed by atoms with Crippen molar-refractivity contribution in [2.24, 2.45) is 0 Å². The SMILES string of the molecule is CC(C)Sc1cccc2c(=O)c3ccccc3oc12. The highest BCUT2D eigenvalue weighted by Crippen LogP contribution is 2.31. The predicted octanol–water partition coefficient (Wildman–Crippen LogP) is 4.45. The van der Waals surface area contributed by atoms with Crippen LogP contribution in [-0.4, -0.2) is 5.25 Å². The Balaban J connectivity index is 2.41. The molecular weight excluding hydrogens is 256 g/mol. The topological polar surface area (TPSA) is 30.2 Å². The first-order valence-electron chi connectivity index (χ1n) is 6.28. The Kier molecular flexibility index (Phi) is 3.07. The molecule has 0 aliphatic rings. The summed E-state index contributed by atoms with van der Waals surface area (Å²) in [5, 5.41) is 1.74. The van der Waals surface area contributed by atoms with Crippen LogP contribution in [0.4, 0.5) is 0 Å². The zero-order valence-corrected chi connectivity index (χ0v) is 11.7. The number of thioether (sulfide) groups is 1. The van der Waals surface area contributed by atoms with Crippen molar-refractivity contribution in [3.05, 3.63) is 52.7 Å². The molecule has 0 unspecified atom stereocenters. The van der Waals surface area contributed by atoms with Crippen LogP contribution >= 0.6 is 11.8 Å². The van der Waals surface area contributed by atoms with Gasteiger partial charge in [0.1, 0.15) is 5.58 Å². The summed E-state index contributed by atoms with van der Waals surface area (Å²) < 4.78 is 5.94. The van der Waals surface area contributed by atoms with E-state index in [1.807, 2.05) is 42.5 Å². The fourth-order valence-electron chi connectivity index (χ4n) is 2.14. The number of benzene rings is 2. The quantitative estimate of drug-likeness (QED) is 0.509. The van der Waals surface area contributed by atoms with Gasteiger partial charge in [0.25, 0.3) is 0 Å². The van der Waals surface area contributed by atoms with Crippen molar-refractivity contribution in [3.8, 4) is 0 Å². The number of hydrogen-bond donors (Lipinski definition) is 0. The van der Waals surface area contributed by atoms with Crippen molar-refractivity contribution in [1.29, 1.82) is 0 Å². The minimum Gasteiger partial charge on any atom is -0.455 e. The third-order valence-corrected chi connectivity index (χ3v) is 3.98. The average Bonchev–Trinajstić information content (AvgIpc) is 2.40. The second-order valence-electron chi connectivity index (χ2n) is 4.73. The summed E-state index contributed by atoms with van der Waals surface area (Å²) in [7, 11) is 0. The lowest BCUT2D eigenvalue weighted by Crippen LogP contribution is -2.02. The molecule has 96 valence electrons. The molecule has 0 aliphatic carbocycles. The average molecular weight is 270 g/mol. The van der Waals surface area contributed by atoms with Crippen molar-refractivity contribution in [3.63, 3.8) is 0 Å². The molecule has 0 spiro atoms.